The molecule has 23 heavy (non-hydrogen) atoms. The van der Waals surface area contributed by atoms with Crippen molar-refractivity contribution < 1.29 is 9.18 Å². The van der Waals surface area contributed by atoms with Crippen LogP contribution in [0.1, 0.15) is 54.1 Å². The molecule has 0 aromatic heterocycles. The van der Waals surface area contributed by atoms with Gasteiger partial charge in [-0.1, -0.05) is 25.5 Å². The van der Waals surface area contributed by atoms with E-state index in [1.54, 1.807) is 32.2 Å². The average molecular weight is 314 g/mol. The number of likely N-dealkylation sites (tertiary alicyclic amines) is 1. The van der Waals surface area contributed by atoms with E-state index in [9.17, 15) is 4.79 Å². The highest BCUT2D eigenvalue weighted by atomic mass is 19.1. The first-order valence-corrected chi connectivity index (χ1v) is 8.41. The molecule has 0 aliphatic carbocycles. The summed E-state index contributed by atoms with van der Waals surface area (Å²) in [7, 11) is 0. The monoisotopic (exact) mass is 314 g/mol. The first-order chi connectivity index (χ1) is 11.1. The van der Waals surface area contributed by atoms with Gasteiger partial charge in [0.15, 0.2) is 11.4 Å². The van der Waals surface area contributed by atoms with Crippen molar-refractivity contribution in [2.45, 2.75) is 45.2 Å². The van der Waals surface area contributed by atoms with E-state index in [-0.39, 0.29) is 11.6 Å². The molecule has 0 N–H and O–H groups in total. The molecule has 2 heterocycles. The van der Waals surface area contributed by atoms with Crippen molar-refractivity contribution in [1.82, 2.24) is 4.90 Å². The molecule has 1 aromatic carbocycles. The van der Waals surface area contributed by atoms with Crippen molar-refractivity contribution in [2.24, 2.45) is 4.99 Å². The highest BCUT2D eigenvalue weighted by Crippen LogP contribution is 2.38. The fourth-order valence-corrected chi connectivity index (χ4v) is 3.59. The maximum atomic E-state index is 15.1. The number of rotatable bonds is 4. The topological polar surface area (TPSA) is 32.7 Å². The molecule has 0 radical (unpaired) electrons. The summed E-state index contributed by atoms with van der Waals surface area (Å²) in [6.07, 6.45) is 9.41. The summed E-state index contributed by atoms with van der Waals surface area (Å²) in [6, 6.07) is 3.50. The van der Waals surface area contributed by atoms with Gasteiger partial charge < -0.3 is 0 Å². The van der Waals surface area contributed by atoms with E-state index in [1.165, 1.54) is 6.42 Å². The molecule has 0 saturated carbocycles. The summed E-state index contributed by atoms with van der Waals surface area (Å²) in [5, 5.41) is 0. The van der Waals surface area contributed by atoms with Gasteiger partial charge in [-0.25, -0.2) is 4.39 Å². The van der Waals surface area contributed by atoms with Crippen LogP contribution in [0.2, 0.25) is 0 Å². The van der Waals surface area contributed by atoms with Crippen LogP contribution in [0.3, 0.4) is 0 Å². The van der Waals surface area contributed by atoms with E-state index < -0.39 is 5.66 Å². The van der Waals surface area contributed by atoms with Gasteiger partial charge in [0, 0.05) is 36.9 Å². The molecule has 0 amide bonds. The van der Waals surface area contributed by atoms with Crippen LogP contribution < -0.4 is 0 Å². The molecule has 2 aliphatic rings. The molecule has 2 aliphatic heterocycles. The Bertz CT molecular complexity index is 660. The summed E-state index contributed by atoms with van der Waals surface area (Å²) < 4.78 is 15.1. The van der Waals surface area contributed by atoms with Crippen molar-refractivity contribution >= 4 is 12.0 Å². The fraction of sp³-hybridized carbons (Fsp3) is 0.474. The van der Waals surface area contributed by atoms with E-state index in [2.05, 4.69) is 9.89 Å². The van der Waals surface area contributed by atoms with E-state index in [4.69, 9.17) is 0 Å². The van der Waals surface area contributed by atoms with Gasteiger partial charge in [-0.3, -0.25) is 14.7 Å². The standard InChI is InChI=1S/C19H23FN2O/c1-3-17(23)15-8-9-16(18(20)14(15)2)19(10-7-11-21-19)22-12-5-4-6-13-22/h7-11H,3-6,12-13H2,1-2H3. The first-order valence-electron chi connectivity index (χ1n) is 8.41. The molecule has 3 nitrogen and oxygen atoms in total. The Morgan fingerprint density at radius 1 is 1.30 bits per heavy atom. The minimum Gasteiger partial charge on any atom is -0.294 e. The molecule has 4 heteroatoms. The van der Waals surface area contributed by atoms with Gasteiger partial charge in [0.2, 0.25) is 0 Å². The number of carbonyl (C=O) groups excluding carboxylic acids is 1. The molecule has 1 fully saturated rings. The van der Waals surface area contributed by atoms with Crippen molar-refractivity contribution in [1.29, 1.82) is 0 Å². The van der Waals surface area contributed by atoms with E-state index >= 15 is 4.39 Å². The number of benzene rings is 1. The Kier molecular flexibility index (Phi) is 4.44. The Morgan fingerprint density at radius 2 is 2.04 bits per heavy atom. The van der Waals surface area contributed by atoms with E-state index in [0.717, 1.165) is 25.9 Å². The summed E-state index contributed by atoms with van der Waals surface area (Å²) in [4.78, 5) is 18.8. The summed E-state index contributed by atoms with van der Waals surface area (Å²) in [5.74, 6) is -0.330. The highest BCUT2D eigenvalue weighted by molar-refractivity contribution is 5.97. The predicted octanol–water partition coefficient (Wildman–Crippen LogP) is 4.01. The maximum absolute atomic E-state index is 15.1. The number of halogens is 1. The fourth-order valence-electron chi connectivity index (χ4n) is 3.59. The smallest absolute Gasteiger partial charge is 0.162 e. The van der Waals surface area contributed by atoms with Crippen LogP contribution in [0.25, 0.3) is 0 Å². The molecular weight excluding hydrogens is 291 g/mol. The highest BCUT2D eigenvalue weighted by Gasteiger charge is 2.40. The third kappa shape index (κ3) is 2.65. The molecule has 1 aromatic rings. The molecule has 0 spiro atoms. The van der Waals surface area contributed by atoms with Crippen LogP contribution in [0.4, 0.5) is 4.39 Å². The number of aliphatic imine (C=N–C) groups is 1. The zero-order valence-corrected chi connectivity index (χ0v) is 13.8. The summed E-state index contributed by atoms with van der Waals surface area (Å²) in [6.45, 7) is 5.31. The largest absolute Gasteiger partial charge is 0.294 e. The van der Waals surface area contributed by atoms with Gasteiger partial charge in [-0.2, -0.15) is 0 Å². The van der Waals surface area contributed by atoms with Gasteiger partial charge in [-0.15, -0.1) is 0 Å². The van der Waals surface area contributed by atoms with E-state index in [0.29, 0.717) is 23.1 Å². The Balaban J connectivity index is 2.08. The molecular formula is C19H23FN2O. The SMILES string of the molecule is CCC(=O)c1ccc(C2(N3CCCCC3)C=CC=N2)c(F)c1C. The number of ketones is 1. The van der Waals surface area contributed by atoms with Crippen LogP contribution in [-0.2, 0) is 5.66 Å². The number of hydrogen-bond donors (Lipinski definition) is 0. The van der Waals surface area contributed by atoms with Crippen molar-refractivity contribution in [3.05, 3.63) is 46.8 Å². The average Bonchev–Trinajstić information content (AvgIpc) is 3.08. The lowest BCUT2D eigenvalue weighted by Gasteiger charge is -2.40. The van der Waals surface area contributed by atoms with Gasteiger partial charge in [0.05, 0.1) is 0 Å². The van der Waals surface area contributed by atoms with Gasteiger partial charge in [-0.05, 0) is 37.5 Å². The number of allylic oxidation sites excluding steroid dienone is 1. The molecule has 1 saturated heterocycles. The molecule has 3 rings (SSSR count). The quantitative estimate of drug-likeness (QED) is 0.787. The molecule has 1 unspecified atom stereocenters. The third-order valence-corrected chi connectivity index (χ3v) is 4.93. The lowest BCUT2D eigenvalue weighted by Crippen LogP contribution is -2.46. The summed E-state index contributed by atoms with van der Waals surface area (Å²) >= 11 is 0. The van der Waals surface area contributed by atoms with Gasteiger partial charge in [0.25, 0.3) is 0 Å². The Labute approximate surface area is 136 Å². The minimum absolute atomic E-state index is 0.0227. The molecule has 0 bridgehead atoms. The number of Topliss-reactive ketones (excluding diaryl/α,β-unsaturated/α-hetero) is 1. The van der Waals surface area contributed by atoms with Crippen LogP contribution >= 0.6 is 0 Å². The van der Waals surface area contributed by atoms with Crippen molar-refractivity contribution in [3.63, 3.8) is 0 Å². The Morgan fingerprint density at radius 3 is 2.65 bits per heavy atom. The zero-order chi connectivity index (χ0) is 16.4. The van der Waals surface area contributed by atoms with Crippen LogP contribution in [0, 0.1) is 12.7 Å². The van der Waals surface area contributed by atoms with E-state index in [1.807, 2.05) is 12.2 Å². The Hall–Kier alpha value is -1.81. The molecule has 122 valence electrons. The number of carbonyl (C=O) groups is 1. The second-order valence-electron chi connectivity index (χ2n) is 6.29. The van der Waals surface area contributed by atoms with Crippen molar-refractivity contribution in [2.75, 3.05) is 13.1 Å². The van der Waals surface area contributed by atoms with Crippen molar-refractivity contribution in [3.8, 4) is 0 Å². The normalized spacial score (nSPS) is 24.3. The second kappa shape index (κ2) is 6.36. The van der Waals surface area contributed by atoms with Gasteiger partial charge >= 0.3 is 0 Å². The zero-order valence-electron chi connectivity index (χ0n) is 13.8. The lowest BCUT2D eigenvalue weighted by atomic mass is 9.90. The maximum Gasteiger partial charge on any atom is 0.162 e. The summed E-state index contributed by atoms with van der Waals surface area (Å²) in [5.41, 5.74) is 0.715. The third-order valence-electron chi connectivity index (χ3n) is 4.93. The predicted molar refractivity (Wildman–Crippen MR) is 90.5 cm³/mol. The molecule has 1 atom stereocenters. The number of nitrogens with zero attached hydrogens (tertiary/aromatic N) is 2. The van der Waals surface area contributed by atoms with Crippen LogP contribution in [0.15, 0.2) is 29.3 Å². The number of hydrogen-bond acceptors (Lipinski definition) is 3. The number of piperidine rings is 1. The minimum atomic E-state index is -0.747. The van der Waals surface area contributed by atoms with Gasteiger partial charge in [0.1, 0.15) is 5.82 Å². The second-order valence-corrected chi connectivity index (χ2v) is 6.29. The first kappa shape index (κ1) is 16.1. The lowest BCUT2D eigenvalue weighted by molar-refractivity contribution is 0.0984. The van der Waals surface area contributed by atoms with Crippen LogP contribution in [0.5, 0.6) is 0 Å². The van der Waals surface area contributed by atoms with Crippen LogP contribution in [-0.4, -0.2) is 30.0 Å².